The number of nitrogens with one attached hydrogen (secondary N) is 2. The fourth-order valence-electron chi connectivity index (χ4n) is 4.42. The average Bonchev–Trinajstić information content (AvgIpc) is 3.17. The Hall–Kier alpha value is -3.15. The van der Waals surface area contributed by atoms with Crippen molar-refractivity contribution >= 4 is 23.0 Å². The number of benzene rings is 2. The van der Waals surface area contributed by atoms with Gasteiger partial charge in [-0.15, -0.1) is 0 Å². The second-order valence-electron chi connectivity index (χ2n) is 8.28. The van der Waals surface area contributed by atoms with E-state index in [9.17, 15) is 14.9 Å². The van der Waals surface area contributed by atoms with Crippen LogP contribution in [0.15, 0.2) is 54.6 Å². The summed E-state index contributed by atoms with van der Waals surface area (Å²) in [6, 6.07) is 12.8. The predicted octanol–water partition coefficient (Wildman–Crippen LogP) is 5.41. The monoisotopic (exact) mass is 391 g/mol. The molecule has 0 fully saturated rings. The Morgan fingerprint density at radius 1 is 1.28 bits per heavy atom. The van der Waals surface area contributed by atoms with Crippen LogP contribution < -0.4 is 10.6 Å². The summed E-state index contributed by atoms with van der Waals surface area (Å²) in [7, 11) is 0. The van der Waals surface area contributed by atoms with E-state index in [1.807, 2.05) is 32.0 Å². The van der Waals surface area contributed by atoms with Crippen molar-refractivity contribution in [3.63, 3.8) is 0 Å². The van der Waals surface area contributed by atoms with Crippen LogP contribution in [0.5, 0.6) is 0 Å². The van der Waals surface area contributed by atoms with Gasteiger partial charge in [0, 0.05) is 35.8 Å². The maximum absolute atomic E-state index is 12.1. The molecule has 1 aliphatic heterocycles. The standard InChI is InChI=1S/C23H25N3O3/c1-14(2)11-22(27)24-16-9-10-21-20(13-16)18-7-4-8-19(18)23(25-21)15-5-3-6-17(12-15)26(28)29/h3-7,9-10,12-14,18-19,23,25H,8,11H2,1-2H3,(H,24,27). The molecule has 0 saturated heterocycles. The third kappa shape index (κ3) is 3.88. The molecule has 2 aromatic rings. The number of amides is 1. The van der Waals surface area contributed by atoms with Crippen LogP contribution in [0.3, 0.4) is 0 Å². The molecular weight excluding hydrogens is 366 g/mol. The molecule has 0 radical (unpaired) electrons. The Morgan fingerprint density at radius 2 is 2.10 bits per heavy atom. The van der Waals surface area contributed by atoms with Gasteiger partial charge in [-0.25, -0.2) is 0 Å². The minimum absolute atomic E-state index is 0.00350. The number of nitro groups is 1. The van der Waals surface area contributed by atoms with E-state index in [4.69, 9.17) is 0 Å². The van der Waals surface area contributed by atoms with Gasteiger partial charge in [0.2, 0.25) is 5.91 Å². The first-order valence-electron chi connectivity index (χ1n) is 10.0. The number of allylic oxidation sites excluding steroid dienone is 2. The van der Waals surface area contributed by atoms with Crippen LogP contribution >= 0.6 is 0 Å². The lowest BCUT2D eigenvalue weighted by Gasteiger charge is -2.37. The molecule has 3 atom stereocenters. The number of fused-ring (bicyclic) bond motifs is 3. The van der Waals surface area contributed by atoms with Crippen molar-refractivity contribution in [1.29, 1.82) is 0 Å². The van der Waals surface area contributed by atoms with Crippen molar-refractivity contribution in [2.24, 2.45) is 11.8 Å². The van der Waals surface area contributed by atoms with Crippen molar-refractivity contribution in [1.82, 2.24) is 0 Å². The summed E-state index contributed by atoms with van der Waals surface area (Å²) in [4.78, 5) is 23.0. The molecule has 4 rings (SSSR count). The van der Waals surface area contributed by atoms with E-state index in [2.05, 4.69) is 28.9 Å². The highest BCUT2D eigenvalue weighted by Gasteiger charge is 2.38. The molecule has 6 heteroatoms. The highest BCUT2D eigenvalue weighted by atomic mass is 16.6. The van der Waals surface area contributed by atoms with Crippen molar-refractivity contribution < 1.29 is 9.72 Å². The van der Waals surface area contributed by atoms with Crippen molar-refractivity contribution in [3.05, 3.63) is 75.9 Å². The molecule has 6 nitrogen and oxygen atoms in total. The van der Waals surface area contributed by atoms with Crippen molar-refractivity contribution in [2.45, 2.75) is 38.6 Å². The molecule has 29 heavy (non-hydrogen) atoms. The molecule has 0 spiro atoms. The van der Waals surface area contributed by atoms with Gasteiger partial charge in [-0.05, 0) is 47.6 Å². The number of anilines is 2. The first-order valence-corrected chi connectivity index (χ1v) is 10.0. The predicted molar refractivity (Wildman–Crippen MR) is 114 cm³/mol. The molecule has 3 unspecified atom stereocenters. The minimum Gasteiger partial charge on any atom is -0.378 e. The van der Waals surface area contributed by atoms with Gasteiger partial charge in [0.15, 0.2) is 0 Å². The van der Waals surface area contributed by atoms with E-state index in [0.29, 0.717) is 12.3 Å². The summed E-state index contributed by atoms with van der Waals surface area (Å²) < 4.78 is 0. The third-order valence-electron chi connectivity index (χ3n) is 5.68. The molecule has 0 aromatic heterocycles. The lowest BCUT2D eigenvalue weighted by atomic mass is 9.77. The second-order valence-corrected chi connectivity index (χ2v) is 8.28. The maximum atomic E-state index is 12.1. The van der Waals surface area contributed by atoms with E-state index in [1.54, 1.807) is 12.1 Å². The van der Waals surface area contributed by atoms with Crippen LogP contribution in [-0.2, 0) is 4.79 Å². The Kier molecular flexibility index (Phi) is 5.09. The molecule has 1 aliphatic carbocycles. The van der Waals surface area contributed by atoms with Crippen LogP contribution in [0.4, 0.5) is 17.1 Å². The Labute approximate surface area is 170 Å². The van der Waals surface area contributed by atoms with Gasteiger partial charge < -0.3 is 10.6 Å². The summed E-state index contributed by atoms with van der Waals surface area (Å²) in [6.07, 6.45) is 5.81. The summed E-state index contributed by atoms with van der Waals surface area (Å²) >= 11 is 0. The number of non-ortho nitro benzene ring substituents is 1. The Bertz CT molecular complexity index is 983. The molecule has 150 valence electrons. The zero-order chi connectivity index (χ0) is 20.5. The molecule has 2 aliphatic rings. The van der Waals surface area contributed by atoms with Gasteiger partial charge in [0.05, 0.1) is 11.0 Å². The summed E-state index contributed by atoms with van der Waals surface area (Å²) in [5.74, 6) is 0.840. The normalized spacial score (nSPS) is 22.0. The zero-order valence-corrected chi connectivity index (χ0v) is 16.6. The van der Waals surface area contributed by atoms with Crippen LogP contribution in [0, 0.1) is 22.0 Å². The zero-order valence-electron chi connectivity index (χ0n) is 16.6. The van der Waals surface area contributed by atoms with E-state index in [-0.39, 0.29) is 34.4 Å². The van der Waals surface area contributed by atoms with Crippen LogP contribution in [-0.4, -0.2) is 10.8 Å². The molecule has 2 aromatic carbocycles. The lowest BCUT2D eigenvalue weighted by Crippen LogP contribution is -2.29. The first kappa shape index (κ1) is 19.2. The van der Waals surface area contributed by atoms with Gasteiger partial charge in [0.1, 0.15) is 0 Å². The van der Waals surface area contributed by atoms with Crippen LogP contribution in [0.25, 0.3) is 0 Å². The number of carbonyl (C=O) groups is 1. The quantitative estimate of drug-likeness (QED) is 0.406. The molecule has 1 amide bonds. The van der Waals surface area contributed by atoms with Crippen molar-refractivity contribution in [3.8, 4) is 0 Å². The van der Waals surface area contributed by atoms with Gasteiger partial charge in [0.25, 0.3) is 5.69 Å². The van der Waals surface area contributed by atoms with Gasteiger partial charge in [-0.2, -0.15) is 0 Å². The van der Waals surface area contributed by atoms with E-state index in [0.717, 1.165) is 28.9 Å². The van der Waals surface area contributed by atoms with E-state index < -0.39 is 0 Å². The smallest absolute Gasteiger partial charge is 0.269 e. The number of hydrogen-bond donors (Lipinski definition) is 2. The Balaban J connectivity index is 1.63. The largest absolute Gasteiger partial charge is 0.378 e. The molecule has 2 N–H and O–H groups in total. The fraction of sp³-hybridized carbons (Fsp3) is 0.348. The molecular formula is C23H25N3O3. The first-order chi connectivity index (χ1) is 13.9. The maximum Gasteiger partial charge on any atom is 0.269 e. The lowest BCUT2D eigenvalue weighted by molar-refractivity contribution is -0.384. The number of hydrogen-bond acceptors (Lipinski definition) is 4. The van der Waals surface area contributed by atoms with E-state index in [1.165, 1.54) is 6.07 Å². The molecule has 0 saturated carbocycles. The SMILES string of the molecule is CC(C)CC(=O)Nc1ccc2c(c1)C1C=CCC1C(c1cccc([N+](=O)[O-])c1)N2. The summed E-state index contributed by atoms with van der Waals surface area (Å²) in [5.41, 5.74) is 4.02. The number of carbonyl (C=O) groups excluding carboxylic acids is 1. The number of nitro benzene ring substituents is 1. The third-order valence-corrected chi connectivity index (χ3v) is 5.68. The van der Waals surface area contributed by atoms with Crippen molar-refractivity contribution in [2.75, 3.05) is 10.6 Å². The van der Waals surface area contributed by atoms with Gasteiger partial charge in [-0.1, -0.05) is 38.1 Å². The summed E-state index contributed by atoms with van der Waals surface area (Å²) in [6.45, 7) is 4.05. The van der Waals surface area contributed by atoms with Crippen LogP contribution in [0.1, 0.15) is 49.8 Å². The highest BCUT2D eigenvalue weighted by molar-refractivity contribution is 5.91. The number of nitrogens with zero attached hydrogens (tertiary/aromatic N) is 1. The second kappa shape index (κ2) is 7.70. The average molecular weight is 391 g/mol. The van der Waals surface area contributed by atoms with E-state index >= 15 is 0 Å². The summed E-state index contributed by atoms with van der Waals surface area (Å²) in [5, 5.41) is 17.8. The molecule has 1 heterocycles. The highest BCUT2D eigenvalue weighted by Crippen LogP contribution is 2.50. The number of rotatable bonds is 5. The van der Waals surface area contributed by atoms with Gasteiger partial charge in [-0.3, -0.25) is 14.9 Å². The van der Waals surface area contributed by atoms with Crippen LogP contribution in [0.2, 0.25) is 0 Å². The fourth-order valence-corrected chi connectivity index (χ4v) is 4.42. The van der Waals surface area contributed by atoms with Gasteiger partial charge >= 0.3 is 0 Å². The molecule has 0 bridgehead atoms. The Morgan fingerprint density at radius 3 is 2.86 bits per heavy atom. The topological polar surface area (TPSA) is 84.3 Å². The minimum atomic E-state index is -0.350.